The number of rotatable bonds is 4. The van der Waals surface area contributed by atoms with Gasteiger partial charge in [0.1, 0.15) is 0 Å². The van der Waals surface area contributed by atoms with E-state index in [2.05, 4.69) is 0 Å². The number of ether oxygens (including phenoxy) is 2. The van der Waals surface area contributed by atoms with E-state index in [-0.39, 0.29) is 5.54 Å². The second kappa shape index (κ2) is 5.17. The molecule has 0 atom stereocenters. The third-order valence-electron chi connectivity index (χ3n) is 1.93. The van der Waals surface area contributed by atoms with Gasteiger partial charge in [-0.3, -0.25) is 0 Å². The van der Waals surface area contributed by atoms with Crippen LogP contribution in [0.4, 0.5) is 4.79 Å². The smallest absolute Gasteiger partial charge is 0.315 e. The van der Waals surface area contributed by atoms with Gasteiger partial charge < -0.3 is 20.1 Å². The van der Waals surface area contributed by atoms with E-state index in [1.165, 1.54) is 19.1 Å². The van der Waals surface area contributed by atoms with Gasteiger partial charge in [-0.2, -0.15) is 0 Å². The number of carbonyl (C=O) groups excluding carboxylic acids is 1. The van der Waals surface area contributed by atoms with Crippen LogP contribution in [0.1, 0.15) is 20.8 Å². The molecule has 0 bridgehead atoms. The Morgan fingerprint density at radius 3 is 2.00 bits per heavy atom. The molecule has 0 spiro atoms. The summed E-state index contributed by atoms with van der Waals surface area (Å²) in [6.07, 6.45) is -0.443. The Labute approximate surface area is 85.1 Å². The third kappa shape index (κ3) is 3.93. The zero-order chi connectivity index (χ0) is 11.4. The molecule has 2 N–H and O–H groups in total. The summed E-state index contributed by atoms with van der Waals surface area (Å²) in [5.74, 6) is 0. The van der Waals surface area contributed by atoms with Gasteiger partial charge in [-0.15, -0.1) is 0 Å². The van der Waals surface area contributed by atoms with Crippen LogP contribution in [-0.4, -0.2) is 43.5 Å². The molecule has 0 saturated heterocycles. The molecular formula is C9H20N2O3. The summed E-state index contributed by atoms with van der Waals surface area (Å²) >= 11 is 0. The van der Waals surface area contributed by atoms with Crippen LogP contribution in [0.3, 0.4) is 0 Å². The number of primary amides is 1. The highest BCUT2D eigenvalue weighted by molar-refractivity contribution is 5.72. The summed E-state index contributed by atoms with van der Waals surface area (Å²) in [5, 5.41) is 0. The summed E-state index contributed by atoms with van der Waals surface area (Å²) in [6.45, 7) is 6.03. The zero-order valence-corrected chi connectivity index (χ0v) is 9.53. The van der Waals surface area contributed by atoms with E-state index < -0.39 is 12.3 Å². The standard InChI is InChI=1S/C9H20N2O3/c1-9(2,3)11(8(10)12)6-7(13-4)14-5/h7H,6H2,1-5H3,(H2,10,12). The van der Waals surface area contributed by atoms with Crippen molar-refractivity contribution in [3.8, 4) is 0 Å². The van der Waals surface area contributed by atoms with E-state index >= 15 is 0 Å². The summed E-state index contributed by atoms with van der Waals surface area (Å²) in [5.41, 5.74) is 4.92. The lowest BCUT2D eigenvalue weighted by Crippen LogP contribution is -2.52. The molecule has 14 heavy (non-hydrogen) atoms. The molecule has 0 aromatic rings. The number of urea groups is 1. The van der Waals surface area contributed by atoms with Gasteiger partial charge in [0.15, 0.2) is 6.29 Å². The molecule has 5 nitrogen and oxygen atoms in total. The van der Waals surface area contributed by atoms with Crippen LogP contribution in [0.25, 0.3) is 0 Å². The van der Waals surface area contributed by atoms with E-state index in [0.717, 1.165) is 0 Å². The van der Waals surface area contributed by atoms with Crippen molar-refractivity contribution in [2.45, 2.75) is 32.6 Å². The highest BCUT2D eigenvalue weighted by Gasteiger charge is 2.27. The van der Waals surface area contributed by atoms with Gasteiger partial charge in [0.05, 0.1) is 6.54 Å². The van der Waals surface area contributed by atoms with Gasteiger partial charge >= 0.3 is 6.03 Å². The van der Waals surface area contributed by atoms with E-state index in [4.69, 9.17) is 15.2 Å². The zero-order valence-electron chi connectivity index (χ0n) is 9.53. The van der Waals surface area contributed by atoms with Crippen molar-refractivity contribution in [3.63, 3.8) is 0 Å². The van der Waals surface area contributed by atoms with Crippen LogP contribution in [0.5, 0.6) is 0 Å². The van der Waals surface area contributed by atoms with E-state index in [1.807, 2.05) is 20.8 Å². The Morgan fingerprint density at radius 1 is 1.36 bits per heavy atom. The quantitative estimate of drug-likeness (QED) is 0.688. The second-order valence-corrected chi connectivity index (χ2v) is 4.02. The average molecular weight is 204 g/mol. The molecule has 0 fully saturated rings. The topological polar surface area (TPSA) is 64.8 Å². The first-order valence-electron chi connectivity index (χ1n) is 4.45. The maximum atomic E-state index is 11.2. The van der Waals surface area contributed by atoms with Crippen molar-refractivity contribution in [3.05, 3.63) is 0 Å². The Morgan fingerprint density at radius 2 is 1.79 bits per heavy atom. The summed E-state index contributed by atoms with van der Waals surface area (Å²) in [7, 11) is 3.05. The van der Waals surface area contributed by atoms with E-state index in [9.17, 15) is 4.79 Å². The molecule has 0 unspecified atom stereocenters. The van der Waals surface area contributed by atoms with Crippen molar-refractivity contribution in [2.24, 2.45) is 5.73 Å². The van der Waals surface area contributed by atoms with Gasteiger partial charge in [0.2, 0.25) is 0 Å². The maximum absolute atomic E-state index is 11.2. The van der Waals surface area contributed by atoms with Crippen LogP contribution in [0.15, 0.2) is 0 Å². The van der Waals surface area contributed by atoms with Crippen LogP contribution in [0.2, 0.25) is 0 Å². The fourth-order valence-electron chi connectivity index (χ4n) is 1.09. The van der Waals surface area contributed by atoms with Crippen LogP contribution >= 0.6 is 0 Å². The monoisotopic (exact) mass is 204 g/mol. The Bertz CT molecular complexity index is 185. The minimum atomic E-state index is -0.475. The highest BCUT2D eigenvalue weighted by atomic mass is 16.7. The van der Waals surface area contributed by atoms with Gasteiger partial charge in [0, 0.05) is 19.8 Å². The first-order valence-corrected chi connectivity index (χ1v) is 4.45. The molecule has 0 aliphatic carbocycles. The third-order valence-corrected chi connectivity index (χ3v) is 1.93. The highest BCUT2D eigenvalue weighted by Crippen LogP contribution is 2.13. The largest absolute Gasteiger partial charge is 0.354 e. The minimum absolute atomic E-state index is 0.325. The average Bonchev–Trinajstić information content (AvgIpc) is 2.03. The molecule has 0 aliphatic heterocycles. The Balaban J connectivity index is 4.45. The molecule has 0 rings (SSSR count). The lowest BCUT2D eigenvalue weighted by molar-refractivity contribution is -0.117. The van der Waals surface area contributed by atoms with E-state index in [1.54, 1.807) is 0 Å². The lowest BCUT2D eigenvalue weighted by Gasteiger charge is -2.35. The first kappa shape index (κ1) is 13.2. The number of hydrogen-bond donors (Lipinski definition) is 1. The van der Waals surface area contributed by atoms with Crippen LogP contribution < -0.4 is 5.73 Å². The SMILES string of the molecule is COC(CN(C(N)=O)C(C)(C)C)OC. The van der Waals surface area contributed by atoms with Crippen LogP contribution in [-0.2, 0) is 9.47 Å². The predicted molar refractivity (Wildman–Crippen MR) is 53.8 cm³/mol. The number of amides is 2. The van der Waals surface area contributed by atoms with E-state index in [0.29, 0.717) is 6.54 Å². The number of hydrogen-bond acceptors (Lipinski definition) is 3. The molecule has 84 valence electrons. The van der Waals surface area contributed by atoms with Crippen molar-refractivity contribution in [1.29, 1.82) is 0 Å². The maximum Gasteiger partial charge on any atom is 0.315 e. The molecule has 0 aliphatic rings. The number of nitrogens with zero attached hydrogens (tertiary/aromatic N) is 1. The van der Waals surface area contributed by atoms with Crippen molar-refractivity contribution in [2.75, 3.05) is 20.8 Å². The number of carbonyl (C=O) groups is 1. The molecule has 5 heteroatoms. The van der Waals surface area contributed by atoms with Gasteiger partial charge in [-0.1, -0.05) is 0 Å². The molecule has 0 heterocycles. The lowest BCUT2D eigenvalue weighted by atomic mass is 10.1. The van der Waals surface area contributed by atoms with Crippen LogP contribution in [0, 0.1) is 0 Å². The molecule has 0 radical (unpaired) electrons. The summed E-state index contributed by atoms with van der Waals surface area (Å²) in [6, 6.07) is -0.475. The molecule has 0 aromatic heterocycles. The molecule has 2 amide bonds. The molecule has 0 aromatic carbocycles. The molecular weight excluding hydrogens is 184 g/mol. The van der Waals surface area contributed by atoms with Crippen molar-refractivity contribution < 1.29 is 14.3 Å². The fraction of sp³-hybridized carbons (Fsp3) is 0.889. The van der Waals surface area contributed by atoms with Crippen molar-refractivity contribution in [1.82, 2.24) is 4.90 Å². The number of methoxy groups -OCH3 is 2. The molecule has 0 saturated carbocycles. The van der Waals surface area contributed by atoms with Gasteiger partial charge in [-0.25, -0.2) is 4.79 Å². The summed E-state index contributed by atoms with van der Waals surface area (Å²) < 4.78 is 10.0. The normalized spacial score (nSPS) is 11.9. The predicted octanol–water partition coefficient (Wildman–Crippen LogP) is 0.784. The first-order chi connectivity index (χ1) is 6.32. The second-order valence-electron chi connectivity index (χ2n) is 4.02. The van der Waals surface area contributed by atoms with Crippen molar-refractivity contribution >= 4 is 6.03 Å². The fourth-order valence-corrected chi connectivity index (χ4v) is 1.09. The van der Waals surface area contributed by atoms with Gasteiger partial charge in [0.25, 0.3) is 0 Å². The minimum Gasteiger partial charge on any atom is -0.354 e. The summed E-state index contributed by atoms with van der Waals surface area (Å²) in [4.78, 5) is 12.7. The van der Waals surface area contributed by atoms with Gasteiger partial charge in [-0.05, 0) is 20.8 Å². The Kier molecular flexibility index (Phi) is 4.87. The Hall–Kier alpha value is -0.810. The number of nitrogens with two attached hydrogens (primary N) is 1.